The molecule has 0 amide bonds. The number of alkyl halides is 3. The first-order valence-corrected chi connectivity index (χ1v) is 11.0. The molecule has 2 aliphatic heterocycles. The van der Waals surface area contributed by atoms with Gasteiger partial charge in [0.15, 0.2) is 16.8 Å². The molecule has 2 fully saturated rings. The van der Waals surface area contributed by atoms with Gasteiger partial charge < -0.3 is 19.4 Å². The van der Waals surface area contributed by atoms with Gasteiger partial charge in [0.2, 0.25) is 0 Å². The van der Waals surface area contributed by atoms with Gasteiger partial charge in [-0.05, 0) is 30.4 Å². The molecule has 2 atom stereocenters. The third kappa shape index (κ3) is 3.55. The summed E-state index contributed by atoms with van der Waals surface area (Å²) in [6, 6.07) is 3.41. The molecular weight excluding hydrogens is 429 g/mol. The number of hydrogen-bond acceptors (Lipinski definition) is 7. The third-order valence-electron chi connectivity index (χ3n) is 6.39. The molecule has 2 saturated heterocycles. The summed E-state index contributed by atoms with van der Waals surface area (Å²) in [6.45, 7) is 7.96. The third-order valence-corrected chi connectivity index (χ3v) is 7.20. The number of halogens is 3. The minimum Gasteiger partial charge on any atom is -0.422 e. The Hall–Kier alpha value is -2.33. The molecule has 10 heteroatoms. The van der Waals surface area contributed by atoms with E-state index in [9.17, 15) is 13.2 Å². The average Bonchev–Trinajstić information content (AvgIpc) is 3.39. The first-order chi connectivity index (χ1) is 14.5. The van der Waals surface area contributed by atoms with Gasteiger partial charge in [-0.1, -0.05) is 20.8 Å². The topological polar surface area (TPSA) is 63.4 Å². The van der Waals surface area contributed by atoms with Gasteiger partial charge in [-0.25, -0.2) is 4.98 Å². The Bertz CT molecular complexity index is 1110. The summed E-state index contributed by atoms with van der Waals surface area (Å²) in [5, 5.41) is 6.22. The molecule has 3 aromatic rings. The van der Waals surface area contributed by atoms with Gasteiger partial charge >= 0.3 is 6.36 Å². The number of hydrogen-bond donors (Lipinski definition) is 1. The zero-order chi connectivity index (χ0) is 22.0. The van der Waals surface area contributed by atoms with E-state index in [1.54, 1.807) is 11.6 Å². The fourth-order valence-electron chi connectivity index (χ4n) is 4.69. The zero-order valence-electron chi connectivity index (χ0n) is 17.4. The Morgan fingerprint density at radius 2 is 2.10 bits per heavy atom. The van der Waals surface area contributed by atoms with E-state index in [1.165, 1.54) is 23.5 Å². The van der Waals surface area contributed by atoms with Crippen molar-refractivity contribution in [2.24, 2.45) is 5.41 Å². The second-order valence-corrected chi connectivity index (χ2v) is 10.2. The molecule has 166 valence electrons. The van der Waals surface area contributed by atoms with Crippen molar-refractivity contribution in [3.63, 3.8) is 0 Å². The van der Waals surface area contributed by atoms with Crippen LogP contribution in [0.15, 0.2) is 28.1 Å². The van der Waals surface area contributed by atoms with E-state index in [1.807, 2.05) is 4.90 Å². The summed E-state index contributed by atoms with van der Waals surface area (Å²) >= 11 is 1.38. The fourth-order valence-corrected chi connectivity index (χ4v) is 5.35. The van der Waals surface area contributed by atoms with Crippen LogP contribution in [-0.4, -0.2) is 41.0 Å². The van der Waals surface area contributed by atoms with E-state index in [2.05, 4.69) is 40.8 Å². The number of rotatable bonds is 3. The highest BCUT2D eigenvalue weighted by molar-refractivity contribution is 7.13. The van der Waals surface area contributed by atoms with E-state index >= 15 is 0 Å². The van der Waals surface area contributed by atoms with Crippen molar-refractivity contribution >= 4 is 28.5 Å². The Balaban J connectivity index is 1.60. The number of nitrogens with one attached hydrogen (secondary N) is 1. The number of nitrogens with zero attached hydrogens (tertiary/aromatic N) is 3. The van der Waals surface area contributed by atoms with Crippen molar-refractivity contribution in [1.29, 1.82) is 0 Å². The molecule has 0 radical (unpaired) electrons. The maximum absolute atomic E-state index is 13.0. The van der Waals surface area contributed by atoms with Gasteiger partial charge in [0.1, 0.15) is 5.01 Å². The lowest BCUT2D eigenvalue weighted by molar-refractivity contribution is -0.274. The van der Waals surface area contributed by atoms with Crippen LogP contribution in [0, 0.1) is 5.41 Å². The Labute approximate surface area is 181 Å². The summed E-state index contributed by atoms with van der Waals surface area (Å²) in [7, 11) is 0. The molecular formula is C21H23F3N4O2S. The van der Waals surface area contributed by atoms with E-state index in [0.29, 0.717) is 29.7 Å². The van der Waals surface area contributed by atoms with E-state index < -0.39 is 6.36 Å². The molecule has 31 heavy (non-hydrogen) atoms. The van der Waals surface area contributed by atoms with Crippen molar-refractivity contribution in [2.45, 2.75) is 51.6 Å². The monoisotopic (exact) mass is 452 g/mol. The summed E-state index contributed by atoms with van der Waals surface area (Å²) in [6.07, 6.45) is -1.10. The molecule has 2 unspecified atom stereocenters. The molecule has 5 rings (SSSR count). The quantitative estimate of drug-likeness (QED) is 0.589. The number of benzene rings is 1. The lowest BCUT2D eigenvalue weighted by atomic mass is 9.72. The zero-order valence-corrected chi connectivity index (χ0v) is 18.2. The summed E-state index contributed by atoms with van der Waals surface area (Å²) < 4.78 is 49.3. The van der Waals surface area contributed by atoms with Crippen LogP contribution in [-0.2, 0) is 0 Å². The lowest BCUT2D eigenvalue weighted by Crippen LogP contribution is -2.65. The molecule has 2 bridgehead atoms. The first kappa shape index (κ1) is 20.6. The van der Waals surface area contributed by atoms with Crippen LogP contribution in [0.5, 0.6) is 5.75 Å². The van der Waals surface area contributed by atoms with Gasteiger partial charge in [0.05, 0.1) is 5.56 Å². The second-order valence-electron chi connectivity index (χ2n) is 9.26. The van der Waals surface area contributed by atoms with Crippen molar-refractivity contribution < 1.29 is 22.3 Å². The minimum atomic E-state index is -4.82. The van der Waals surface area contributed by atoms with Gasteiger partial charge in [-0.3, -0.25) is 0 Å². The standard InChI is InChI=1S/C21H23F3N4O2S/c1-19(2,3)20-7-6-12(27-20)10-28(11-20)18-26-15-14(30-21(22,23)24)5-4-13(16(15)29-18)17-25-8-9-31-17/h4-5,8-9,12,27H,6-7,10-11H2,1-3H3. The van der Waals surface area contributed by atoms with Crippen molar-refractivity contribution in [1.82, 2.24) is 15.3 Å². The van der Waals surface area contributed by atoms with Gasteiger partial charge in [0.25, 0.3) is 6.01 Å². The molecule has 0 aliphatic carbocycles. The maximum atomic E-state index is 13.0. The Kier molecular flexibility index (Phi) is 4.53. The highest BCUT2D eigenvalue weighted by Gasteiger charge is 2.52. The minimum absolute atomic E-state index is 0.00302. The van der Waals surface area contributed by atoms with Crippen molar-refractivity contribution in [3.8, 4) is 16.3 Å². The number of thiazole rings is 1. The molecule has 2 aromatic heterocycles. The molecule has 0 saturated carbocycles. The largest absolute Gasteiger partial charge is 0.573 e. The highest BCUT2D eigenvalue weighted by atomic mass is 32.1. The summed E-state index contributed by atoms with van der Waals surface area (Å²) in [5.74, 6) is -0.374. The molecule has 4 heterocycles. The average molecular weight is 453 g/mol. The van der Waals surface area contributed by atoms with Gasteiger partial charge in [-0.2, -0.15) is 4.98 Å². The number of ether oxygens (including phenoxy) is 1. The smallest absolute Gasteiger partial charge is 0.422 e. The van der Waals surface area contributed by atoms with Gasteiger partial charge in [0, 0.05) is 36.2 Å². The Morgan fingerprint density at radius 1 is 1.29 bits per heavy atom. The van der Waals surface area contributed by atoms with Crippen LogP contribution < -0.4 is 15.0 Å². The molecule has 1 aromatic carbocycles. The van der Waals surface area contributed by atoms with Crippen LogP contribution >= 0.6 is 11.3 Å². The predicted molar refractivity (Wildman–Crippen MR) is 112 cm³/mol. The second kappa shape index (κ2) is 6.83. The van der Waals surface area contributed by atoms with E-state index in [0.717, 1.165) is 12.8 Å². The van der Waals surface area contributed by atoms with Crippen LogP contribution in [0.2, 0.25) is 0 Å². The van der Waals surface area contributed by atoms with Crippen LogP contribution in [0.25, 0.3) is 21.7 Å². The summed E-state index contributed by atoms with van der Waals surface area (Å²) in [4.78, 5) is 10.8. The molecule has 2 aliphatic rings. The number of piperazine rings is 1. The lowest BCUT2D eigenvalue weighted by Gasteiger charge is -2.48. The SMILES string of the molecule is CC(C)(C)C12CCC(CN(c3nc4c(OC(F)(F)F)ccc(-c5nccs5)c4o3)C1)N2. The number of anilines is 1. The maximum Gasteiger partial charge on any atom is 0.573 e. The number of fused-ring (bicyclic) bond motifs is 3. The van der Waals surface area contributed by atoms with E-state index in [4.69, 9.17) is 4.42 Å². The predicted octanol–water partition coefficient (Wildman–Crippen LogP) is 5.21. The fraction of sp³-hybridized carbons (Fsp3) is 0.524. The van der Waals surface area contributed by atoms with Crippen LogP contribution in [0.4, 0.5) is 19.2 Å². The Morgan fingerprint density at radius 3 is 2.77 bits per heavy atom. The van der Waals surface area contributed by atoms with Crippen molar-refractivity contribution in [2.75, 3.05) is 18.0 Å². The molecule has 0 spiro atoms. The van der Waals surface area contributed by atoms with Crippen molar-refractivity contribution in [3.05, 3.63) is 23.7 Å². The first-order valence-electron chi connectivity index (χ1n) is 10.2. The normalized spacial score (nSPS) is 24.2. The van der Waals surface area contributed by atoms with Gasteiger partial charge in [-0.15, -0.1) is 24.5 Å². The van der Waals surface area contributed by atoms with Crippen LogP contribution in [0.3, 0.4) is 0 Å². The van der Waals surface area contributed by atoms with Crippen LogP contribution in [0.1, 0.15) is 33.6 Å². The van der Waals surface area contributed by atoms with E-state index in [-0.39, 0.29) is 33.8 Å². The number of oxazole rings is 1. The summed E-state index contributed by atoms with van der Waals surface area (Å²) in [5.41, 5.74) is 0.795. The highest BCUT2D eigenvalue weighted by Crippen LogP contribution is 2.45. The number of aromatic nitrogens is 2. The molecule has 6 nitrogen and oxygen atoms in total. The molecule has 1 N–H and O–H groups in total.